The van der Waals surface area contributed by atoms with Crippen LogP contribution >= 0.6 is 34.5 Å². The average molecular weight is 425 g/mol. The Hall–Kier alpha value is -2.13. The van der Waals surface area contributed by atoms with Crippen LogP contribution < -0.4 is 22.5 Å². The number of nitrogens with one attached hydrogen (secondary N) is 1. The van der Waals surface area contributed by atoms with Crippen molar-refractivity contribution in [1.29, 1.82) is 0 Å². The van der Waals surface area contributed by atoms with Crippen LogP contribution in [0.1, 0.15) is 23.5 Å². The molecule has 142 valence electrons. The van der Waals surface area contributed by atoms with Crippen LogP contribution in [0.15, 0.2) is 18.2 Å². The van der Waals surface area contributed by atoms with Crippen LogP contribution in [0.5, 0.6) is 0 Å². The summed E-state index contributed by atoms with van der Waals surface area (Å²) in [6, 6.07) is 5.13. The van der Waals surface area contributed by atoms with Gasteiger partial charge in [-0.05, 0) is 26.0 Å². The summed E-state index contributed by atoms with van der Waals surface area (Å²) in [6.07, 6.45) is 0. The lowest BCUT2D eigenvalue weighted by Crippen LogP contribution is -2.39. The van der Waals surface area contributed by atoms with Crippen molar-refractivity contribution in [1.82, 2.24) is 9.97 Å². The Balaban J connectivity index is 2.30. The number of primary amides is 1. The molecule has 7 nitrogen and oxygen atoms in total. The fraction of sp³-hybridized carbons (Fsp3) is 0.235. The van der Waals surface area contributed by atoms with Gasteiger partial charge in [0, 0.05) is 17.6 Å². The Morgan fingerprint density at radius 1 is 1.26 bits per heavy atom. The largest absolute Gasteiger partial charge is 0.397 e. The van der Waals surface area contributed by atoms with Gasteiger partial charge in [0.05, 0.1) is 26.8 Å². The van der Waals surface area contributed by atoms with Crippen molar-refractivity contribution < 1.29 is 4.79 Å². The quantitative estimate of drug-likeness (QED) is 0.495. The fourth-order valence-electron chi connectivity index (χ4n) is 2.47. The van der Waals surface area contributed by atoms with Gasteiger partial charge in [-0.15, -0.1) is 11.3 Å². The number of carbonyl (C=O) groups is 1. The Bertz CT molecular complexity index is 1050. The molecule has 0 unspecified atom stereocenters. The molecular formula is C17H18Cl2N6OS. The number of nitrogen functional groups attached to an aromatic ring is 1. The number of rotatable bonds is 5. The molecule has 0 saturated carbocycles. The number of hydrogen-bond donors (Lipinski definition) is 4. The highest BCUT2D eigenvalue weighted by molar-refractivity contribution is 7.21. The number of thiophene rings is 1. The maximum atomic E-state index is 11.7. The lowest BCUT2D eigenvalue weighted by Gasteiger charge is -2.24. The van der Waals surface area contributed by atoms with Crippen LogP contribution in [0.25, 0.3) is 21.5 Å². The first-order valence-electron chi connectivity index (χ1n) is 7.96. The first-order valence-corrected chi connectivity index (χ1v) is 9.53. The van der Waals surface area contributed by atoms with Gasteiger partial charge < -0.3 is 22.5 Å². The molecule has 1 amide bonds. The first-order chi connectivity index (χ1) is 12.6. The predicted octanol–water partition coefficient (Wildman–Crippen LogP) is 3.50. The minimum Gasteiger partial charge on any atom is -0.397 e. The number of hydrogen-bond acceptors (Lipinski definition) is 7. The van der Waals surface area contributed by atoms with Crippen LogP contribution in [-0.2, 0) is 0 Å². The van der Waals surface area contributed by atoms with Gasteiger partial charge in [-0.3, -0.25) is 4.79 Å². The van der Waals surface area contributed by atoms with E-state index < -0.39 is 11.4 Å². The molecule has 0 atom stereocenters. The van der Waals surface area contributed by atoms with E-state index in [0.29, 0.717) is 44.0 Å². The third-order valence-corrected chi connectivity index (χ3v) is 5.82. The van der Waals surface area contributed by atoms with E-state index >= 15 is 0 Å². The summed E-state index contributed by atoms with van der Waals surface area (Å²) in [5, 5.41) is 4.54. The lowest BCUT2D eigenvalue weighted by atomic mass is 10.1. The third-order valence-electron chi connectivity index (χ3n) is 3.97. The molecule has 27 heavy (non-hydrogen) atoms. The summed E-state index contributed by atoms with van der Waals surface area (Å²) in [6.45, 7) is 4.23. The van der Waals surface area contributed by atoms with Crippen LogP contribution in [0.3, 0.4) is 0 Å². The predicted molar refractivity (Wildman–Crippen MR) is 113 cm³/mol. The third kappa shape index (κ3) is 3.79. The van der Waals surface area contributed by atoms with Gasteiger partial charge in [0.2, 0.25) is 5.95 Å². The number of benzene rings is 1. The molecule has 0 aliphatic rings. The van der Waals surface area contributed by atoms with E-state index in [9.17, 15) is 4.79 Å². The number of anilines is 2. The van der Waals surface area contributed by atoms with Gasteiger partial charge in [-0.25, -0.2) is 9.97 Å². The van der Waals surface area contributed by atoms with E-state index in [4.69, 9.17) is 40.4 Å². The monoisotopic (exact) mass is 424 g/mol. The molecule has 0 bridgehead atoms. The minimum absolute atomic E-state index is 0.232. The maximum absolute atomic E-state index is 11.7. The minimum atomic E-state index is -0.618. The highest BCUT2D eigenvalue weighted by Crippen LogP contribution is 2.40. The van der Waals surface area contributed by atoms with E-state index in [0.717, 1.165) is 11.3 Å². The molecule has 1 aromatic carbocycles. The fourth-order valence-corrected chi connectivity index (χ4v) is 3.71. The molecule has 7 N–H and O–H groups in total. The lowest BCUT2D eigenvalue weighted by molar-refractivity contribution is 0.100. The Kier molecular flexibility index (Phi) is 5.18. The Morgan fingerprint density at radius 3 is 2.56 bits per heavy atom. The van der Waals surface area contributed by atoms with Crippen molar-refractivity contribution in [2.75, 3.05) is 17.6 Å². The van der Waals surface area contributed by atoms with Crippen molar-refractivity contribution in [2.24, 2.45) is 11.5 Å². The SMILES string of the molecule is CC(C)(CN)Nc1nc(-c2ccc(Cl)c(Cl)c2)c2c(N)c(C(N)=O)sc2n1. The molecule has 0 fully saturated rings. The van der Waals surface area contributed by atoms with Crippen LogP contribution in [0.4, 0.5) is 11.6 Å². The highest BCUT2D eigenvalue weighted by Gasteiger charge is 2.23. The molecule has 3 rings (SSSR count). The summed E-state index contributed by atoms with van der Waals surface area (Å²) in [4.78, 5) is 21.6. The van der Waals surface area contributed by atoms with Crippen molar-refractivity contribution in [3.05, 3.63) is 33.1 Å². The van der Waals surface area contributed by atoms with Gasteiger partial charge in [0.15, 0.2) is 0 Å². The molecule has 2 aromatic heterocycles. The number of fused-ring (bicyclic) bond motifs is 1. The van der Waals surface area contributed by atoms with E-state index in [1.165, 1.54) is 0 Å². The average Bonchev–Trinajstić information content (AvgIpc) is 2.93. The van der Waals surface area contributed by atoms with Gasteiger partial charge in [-0.1, -0.05) is 29.3 Å². The van der Waals surface area contributed by atoms with E-state index in [1.54, 1.807) is 18.2 Å². The second kappa shape index (κ2) is 7.12. The van der Waals surface area contributed by atoms with Gasteiger partial charge >= 0.3 is 0 Å². The second-order valence-electron chi connectivity index (χ2n) is 6.63. The molecular weight excluding hydrogens is 407 g/mol. The zero-order chi connectivity index (χ0) is 19.9. The standard InChI is InChI=1S/C17H18Cl2N6OS/c1-17(2,6-20)25-16-23-12(7-3-4-8(18)9(19)5-7)10-11(21)13(14(22)26)27-15(10)24-16/h3-5H,6,20-21H2,1-2H3,(H2,22,26)(H,23,24,25). The summed E-state index contributed by atoms with van der Waals surface area (Å²) < 4.78 is 0. The molecule has 0 spiro atoms. The number of aromatic nitrogens is 2. The van der Waals surface area contributed by atoms with E-state index in [1.807, 2.05) is 13.8 Å². The molecule has 0 radical (unpaired) electrons. The number of halogens is 2. The molecule has 0 aliphatic heterocycles. The maximum Gasteiger partial charge on any atom is 0.260 e. The summed E-state index contributed by atoms with van der Waals surface area (Å²) in [7, 11) is 0. The van der Waals surface area contributed by atoms with Crippen LogP contribution in [-0.4, -0.2) is 28.0 Å². The molecule has 10 heteroatoms. The smallest absolute Gasteiger partial charge is 0.260 e. The van der Waals surface area contributed by atoms with Crippen molar-refractivity contribution in [3.8, 4) is 11.3 Å². The first kappa shape index (κ1) is 19.6. The zero-order valence-electron chi connectivity index (χ0n) is 14.6. The molecule has 2 heterocycles. The summed E-state index contributed by atoms with van der Waals surface area (Å²) in [5.74, 6) is -0.260. The van der Waals surface area contributed by atoms with Crippen LogP contribution in [0.2, 0.25) is 10.0 Å². The normalized spacial score (nSPS) is 11.7. The van der Waals surface area contributed by atoms with Crippen molar-refractivity contribution >= 4 is 62.3 Å². The Labute approximate surface area is 169 Å². The number of carbonyl (C=O) groups excluding carboxylic acids is 1. The molecule has 0 saturated heterocycles. The zero-order valence-corrected chi connectivity index (χ0v) is 17.0. The van der Waals surface area contributed by atoms with Crippen molar-refractivity contribution in [2.45, 2.75) is 19.4 Å². The number of nitrogens with two attached hydrogens (primary N) is 3. The number of amides is 1. The Morgan fingerprint density at radius 2 is 1.96 bits per heavy atom. The summed E-state index contributed by atoms with van der Waals surface area (Å²) in [5.41, 5.74) is 18.4. The number of nitrogens with zero attached hydrogens (tertiary/aromatic N) is 2. The molecule has 0 aliphatic carbocycles. The van der Waals surface area contributed by atoms with E-state index in [-0.39, 0.29) is 10.6 Å². The second-order valence-corrected chi connectivity index (χ2v) is 8.44. The van der Waals surface area contributed by atoms with Crippen LogP contribution in [0, 0.1) is 0 Å². The van der Waals surface area contributed by atoms with Gasteiger partial charge in [0.1, 0.15) is 9.71 Å². The van der Waals surface area contributed by atoms with Crippen molar-refractivity contribution in [3.63, 3.8) is 0 Å². The highest BCUT2D eigenvalue weighted by atomic mass is 35.5. The van der Waals surface area contributed by atoms with E-state index in [2.05, 4.69) is 15.3 Å². The van der Waals surface area contributed by atoms with Gasteiger partial charge in [0.25, 0.3) is 5.91 Å². The topological polar surface area (TPSA) is 133 Å². The molecule has 3 aromatic rings. The summed E-state index contributed by atoms with van der Waals surface area (Å²) >= 11 is 13.3. The van der Waals surface area contributed by atoms with Gasteiger partial charge in [-0.2, -0.15) is 0 Å².